The number of ether oxygens (including phenoxy) is 5. The van der Waals surface area contributed by atoms with Crippen molar-refractivity contribution < 1.29 is 50.8 Å². The van der Waals surface area contributed by atoms with Crippen molar-refractivity contribution in [3.8, 4) is 23.0 Å². The Morgan fingerprint density at radius 1 is 0.712 bits per heavy atom. The van der Waals surface area contributed by atoms with E-state index in [-0.39, 0.29) is 16.9 Å². The van der Waals surface area contributed by atoms with Crippen LogP contribution in [0.5, 0.6) is 23.0 Å². The van der Waals surface area contributed by atoms with Crippen LogP contribution < -0.4 is 24.0 Å². The summed E-state index contributed by atoms with van der Waals surface area (Å²) in [6, 6.07) is 19.2. The van der Waals surface area contributed by atoms with Gasteiger partial charge in [0.2, 0.25) is 10.9 Å². The second kappa shape index (κ2) is 29.2. The van der Waals surface area contributed by atoms with Gasteiger partial charge in [0.25, 0.3) is 0 Å². The first-order chi connectivity index (χ1) is 35.5. The number of aromatic nitrogens is 2. The molecule has 0 aliphatic rings. The van der Waals surface area contributed by atoms with Crippen LogP contribution in [0.15, 0.2) is 103 Å². The van der Waals surface area contributed by atoms with Crippen LogP contribution in [0.3, 0.4) is 0 Å². The van der Waals surface area contributed by atoms with Gasteiger partial charge in [0.05, 0.1) is 31.6 Å². The molecule has 0 aliphatic heterocycles. The molecule has 0 saturated carbocycles. The summed E-state index contributed by atoms with van der Waals surface area (Å²) < 4.78 is 90.9. The first kappa shape index (κ1) is 55.8. The number of esters is 2. The number of fused-ring (bicyclic) bond motifs is 2. The molecule has 0 amide bonds. The zero-order chi connectivity index (χ0) is 51.8. The Morgan fingerprint density at radius 3 is 2.05 bits per heavy atom. The van der Waals surface area contributed by atoms with Gasteiger partial charge in [0.15, 0.2) is 11.6 Å². The van der Waals surface area contributed by atoms with Gasteiger partial charge in [-0.15, -0.1) is 0 Å². The standard InChI is InChI=1S/C57H66F4N4O7S/c1-4-7-9-10-11-12-13-14-15-18-33-65(56-64-48-23-22-32-62-54(48)73-56)63-40-44-39-46(68-34-19-8-5-2)28-30-49(44)72-57(60,61)47-29-31-50(53(59)52(47)58)71-55(67)43-25-24-42-38-45(27-26-41(42)37-43)69-35-20-16-17-21-36-70-51(66)6-3/h6,22-32,37-40H,3-5,7-21,33-36H2,1-2H3/b63-40+. The number of anilines is 1. The van der Waals surface area contributed by atoms with Crippen molar-refractivity contribution in [1.82, 2.24) is 9.97 Å². The summed E-state index contributed by atoms with van der Waals surface area (Å²) >= 11 is 1.36. The van der Waals surface area contributed by atoms with E-state index in [9.17, 15) is 9.59 Å². The first-order valence-electron chi connectivity index (χ1n) is 25.5. The lowest BCUT2D eigenvalue weighted by atomic mass is 10.1. The third-order valence-electron chi connectivity index (χ3n) is 12.0. The number of alkyl halides is 2. The highest BCUT2D eigenvalue weighted by Crippen LogP contribution is 2.38. The fourth-order valence-electron chi connectivity index (χ4n) is 7.91. The topological polar surface area (TPSA) is 122 Å². The number of hydrogen-bond acceptors (Lipinski definition) is 12. The van der Waals surface area contributed by atoms with Crippen LogP contribution in [-0.4, -0.2) is 54.5 Å². The number of thiazole rings is 1. The highest BCUT2D eigenvalue weighted by atomic mass is 32.1. The van der Waals surface area contributed by atoms with Crippen LogP contribution in [0.2, 0.25) is 0 Å². The zero-order valence-corrected chi connectivity index (χ0v) is 42.7. The molecule has 11 nitrogen and oxygen atoms in total. The van der Waals surface area contributed by atoms with Gasteiger partial charge >= 0.3 is 18.0 Å². The molecule has 0 unspecified atom stereocenters. The maximum atomic E-state index is 16.2. The van der Waals surface area contributed by atoms with Gasteiger partial charge in [-0.25, -0.2) is 29.0 Å². The minimum Gasteiger partial charge on any atom is -0.494 e. The Bertz CT molecular complexity index is 2720. The molecule has 390 valence electrons. The highest BCUT2D eigenvalue weighted by molar-refractivity contribution is 7.21. The van der Waals surface area contributed by atoms with Crippen LogP contribution >= 0.6 is 11.3 Å². The van der Waals surface area contributed by atoms with Gasteiger partial charge in [-0.05, 0) is 116 Å². The summed E-state index contributed by atoms with van der Waals surface area (Å²) in [5, 5.41) is 8.42. The molecule has 0 atom stereocenters. The van der Waals surface area contributed by atoms with E-state index in [1.54, 1.807) is 41.5 Å². The fraction of sp³-hybridized carbons (Fsp3) is 0.421. The van der Waals surface area contributed by atoms with E-state index in [1.165, 1.54) is 86.4 Å². The minimum atomic E-state index is -4.40. The molecular weight excluding hydrogens is 961 g/mol. The molecule has 2 heterocycles. The molecule has 6 aromatic rings. The number of nitrogens with zero attached hydrogens (tertiary/aromatic N) is 4. The lowest BCUT2D eigenvalue weighted by molar-refractivity contribution is -0.187. The Morgan fingerprint density at radius 2 is 1.33 bits per heavy atom. The Labute approximate surface area is 429 Å². The normalized spacial score (nSPS) is 11.6. The summed E-state index contributed by atoms with van der Waals surface area (Å²) in [7, 11) is 0. The smallest absolute Gasteiger partial charge is 0.429 e. The lowest BCUT2D eigenvalue weighted by Gasteiger charge is -2.21. The van der Waals surface area contributed by atoms with Crippen LogP contribution in [0.1, 0.15) is 144 Å². The minimum absolute atomic E-state index is 0.0198. The Hall–Kier alpha value is -6.55. The summed E-state index contributed by atoms with van der Waals surface area (Å²) in [6.07, 6.45) is 17.3. The molecule has 2 aromatic heterocycles. The predicted molar refractivity (Wildman–Crippen MR) is 281 cm³/mol. The van der Waals surface area contributed by atoms with E-state index < -0.39 is 41.0 Å². The summed E-state index contributed by atoms with van der Waals surface area (Å²) in [5.41, 5.74) is -0.594. The molecule has 0 saturated heterocycles. The number of halogens is 4. The summed E-state index contributed by atoms with van der Waals surface area (Å²) in [4.78, 5) is 34.3. The first-order valence-corrected chi connectivity index (χ1v) is 26.3. The monoisotopic (exact) mass is 1030 g/mol. The number of carbonyl (C=O) groups is 2. The second-order valence-electron chi connectivity index (χ2n) is 17.7. The zero-order valence-electron chi connectivity index (χ0n) is 41.9. The van der Waals surface area contributed by atoms with Crippen molar-refractivity contribution in [3.63, 3.8) is 0 Å². The number of unbranched alkanes of at least 4 members (excludes halogenated alkanes) is 14. The fourth-order valence-corrected chi connectivity index (χ4v) is 8.80. The van der Waals surface area contributed by atoms with E-state index in [1.807, 2.05) is 6.07 Å². The van der Waals surface area contributed by atoms with Crippen molar-refractivity contribution >= 4 is 55.7 Å². The average Bonchev–Trinajstić information content (AvgIpc) is 3.83. The van der Waals surface area contributed by atoms with Crippen molar-refractivity contribution in [3.05, 3.63) is 126 Å². The Balaban J connectivity index is 1.12. The number of benzene rings is 4. The van der Waals surface area contributed by atoms with E-state index >= 15 is 17.6 Å². The van der Waals surface area contributed by atoms with E-state index in [0.29, 0.717) is 60.0 Å². The number of rotatable bonds is 33. The molecule has 0 radical (unpaired) electrons. The molecule has 16 heteroatoms. The van der Waals surface area contributed by atoms with Crippen LogP contribution in [0.25, 0.3) is 21.1 Å². The molecule has 4 aromatic carbocycles. The number of hydrogen-bond donors (Lipinski definition) is 0. The highest BCUT2D eigenvalue weighted by Gasteiger charge is 2.40. The molecule has 0 bridgehead atoms. The van der Waals surface area contributed by atoms with E-state index in [4.69, 9.17) is 33.8 Å². The maximum Gasteiger partial charge on any atom is 0.429 e. The second-order valence-corrected chi connectivity index (χ2v) is 18.7. The number of carbonyl (C=O) groups excluding carboxylic acids is 2. The van der Waals surface area contributed by atoms with Crippen LogP contribution in [0, 0.1) is 11.6 Å². The summed E-state index contributed by atoms with van der Waals surface area (Å²) in [5.74, 6) is -5.46. The van der Waals surface area contributed by atoms with Crippen molar-refractivity contribution in [2.45, 2.75) is 129 Å². The third-order valence-corrected chi connectivity index (χ3v) is 13.0. The maximum absolute atomic E-state index is 16.2. The molecule has 0 spiro atoms. The van der Waals surface area contributed by atoms with Crippen molar-refractivity contribution in [2.24, 2.45) is 5.10 Å². The Kier molecular flexibility index (Phi) is 22.3. The third kappa shape index (κ3) is 17.3. The van der Waals surface area contributed by atoms with Gasteiger partial charge < -0.3 is 23.7 Å². The number of pyridine rings is 1. The SMILES string of the molecule is C=CC(=O)OCCCCCCOc1ccc2cc(C(=O)Oc3ccc(C(F)(F)Oc4ccc(OCCCCC)cc4/C=N/N(CCCCCCCCCCCC)c4nc5cccnc5s4)c(F)c3F)ccc2c1. The predicted octanol–water partition coefficient (Wildman–Crippen LogP) is 15.5. The molecule has 73 heavy (non-hydrogen) atoms. The largest absolute Gasteiger partial charge is 0.494 e. The van der Waals surface area contributed by atoms with Crippen LogP contribution in [0.4, 0.5) is 22.7 Å². The number of hydrazone groups is 1. The van der Waals surface area contributed by atoms with Gasteiger partial charge in [-0.3, -0.25) is 0 Å². The van der Waals surface area contributed by atoms with Gasteiger partial charge in [-0.2, -0.15) is 18.3 Å². The lowest BCUT2D eigenvalue weighted by Crippen LogP contribution is -2.25. The molecule has 0 N–H and O–H groups in total. The quantitative estimate of drug-likeness (QED) is 0.00749. The average molecular weight is 1030 g/mol. The van der Waals surface area contributed by atoms with Crippen molar-refractivity contribution in [2.75, 3.05) is 31.4 Å². The molecule has 0 fully saturated rings. The molecule has 0 aliphatic carbocycles. The van der Waals surface area contributed by atoms with Crippen LogP contribution in [-0.2, 0) is 15.6 Å². The molecular formula is C57H66F4N4O7S. The van der Waals surface area contributed by atoms with Gasteiger partial charge in [0.1, 0.15) is 33.2 Å². The van der Waals surface area contributed by atoms with Crippen molar-refractivity contribution in [1.29, 1.82) is 0 Å². The molecule has 6 rings (SSSR count). The summed E-state index contributed by atoms with van der Waals surface area (Å²) in [6.45, 7) is 9.36. The van der Waals surface area contributed by atoms with Gasteiger partial charge in [-0.1, -0.05) is 115 Å². The van der Waals surface area contributed by atoms with E-state index in [2.05, 4.69) is 25.4 Å². The van der Waals surface area contributed by atoms with Gasteiger partial charge in [0, 0.05) is 24.4 Å². The van der Waals surface area contributed by atoms with E-state index in [0.717, 1.165) is 93.0 Å².